The van der Waals surface area contributed by atoms with Gasteiger partial charge in [0.15, 0.2) is 0 Å². The van der Waals surface area contributed by atoms with Crippen LogP contribution in [0.3, 0.4) is 0 Å². The summed E-state index contributed by atoms with van der Waals surface area (Å²) in [5, 5.41) is 9.12. The number of aliphatic hydroxyl groups excluding tert-OH is 1. The lowest BCUT2D eigenvalue weighted by Gasteiger charge is -2.33. The van der Waals surface area contributed by atoms with Crippen LogP contribution in [-0.2, 0) is 4.74 Å². The van der Waals surface area contributed by atoms with E-state index in [4.69, 9.17) is 9.84 Å². The molecule has 0 aliphatic carbocycles. The highest BCUT2D eigenvalue weighted by Gasteiger charge is 2.36. The Bertz CT molecular complexity index is 511. The van der Waals surface area contributed by atoms with E-state index in [0.717, 1.165) is 0 Å². The number of fused-ring (bicyclic) bond motifs is 1. The number of imide groups is 1. The van der Waals surface area contributed by atoms with E-state index in [9.17, 15) is 9.59 Å². The molecule has 2 aliphatic rings. The molecule has 106 valence electrons. The lowest BCUT2D eigenvalue weighted by molar-refractivity contribution is -0.0608. The Hall–Kier alpha value is -1.76. The number of ether oxygens (including phenoxy) is 1. The first-order valence-corrected chi connectivity index (χ1v) is 6.60. The van der Waals surface area contributed by atoms with Gasteiger partial charge >= 0.3 is 0 Å². The van der Waals surface area contributed by atoms with Gasteiger partial charge in [0.05, 0.1) is 37.1 Å². The predicted molar refractivity (Wildman–Crippen MR) is 70.2 cm³/mol. The molecule has 1 saturated heterocycles. The van der Waals surface area contributed by atoms with Crippen molar-refractivity contribution in [3.8, 4) is 0 Å². The largest absolute Gasteiger partial charge is 0.394 e. The van der Waals surface area contributed by atoms with Crippen LogP contribution in [0.25, 0.3) is 0 Å². The van der Waals surface area contributed by atoms with Crippen molar-refractivity contribution < 1.29 is 19.4 Å². The van der Waals surface area contributed by atoms with Crippen molar-refractivity contribution in [2.24, 2.45) is 0 Å². The molecule has 0 aromatic heterocycles. The van der Waals surface area contributed by atoms with Gasteiger partial charge < -0.3 is 9.84 Å². The van der Waals surface area contributed by atoms with Gasteiger partial charge in [-0.25, -0.2) is 0 Å². The van der Waals surface area contributed by atoms with Crippen LogP contribution in [0, 0.1) is 0 Å². The van der Waals surface area contributed by atoms with E-state index in [2.05, 4.69) is 0 Å². The van der Waals surface area contributed by atoms with E-state index in [1.54, 1.807) is 24.3 Å². The monoisotopic (exact) mass is 276 g/mol. The number of benzene rings is 1. The number of amides is 2. The van der Waals surface area contributed by atoms with Crippen LogP contribution in [0.15, 0.2) is 24.3 Å². The zero-order valence-corrected chi connectivity index (χ0v) is 11.0. The maximum atomic E-state index is 12.2. The highest BCUT2D eigenvalue weighted by atomic mass is 16.5. The molecule has 20 heavy (non-hydrogen) atoms. The summed E-state index contributed by atoms with van der Waals surface area (Å²) < 4.78 is 5.36. The number of hydrogen-bond donors (Lipinski definition) is 1. The minimum Gasteiger partial charge on any atom is -0.394 e. The quantitative estimate of drug-likeness (QED) is 0.783. The van der Waals surface area contributed by atoms with Crippen molar-refractivity contribution >= 4 is 11.8 Å². The average Bonchev–Trinajstić information content (AvgIpc) is 2.73. The second kappa shape index (κ2) is 5.32. The van der Waals surface area contributed by atoms with Crippen LogP contribution >= 0.6 is 0 Å². The van der Waals surface area contributed by atoms with Gasteiger partial charge in [0, 0.05) is 13.1 Å². The predicted octanol–water partition coefficient (Wildman–Crippen LogP) is -0.0668. The normalized spacial score (nSPS) is 23.2. The van der Waals surface area contributed by atoms with Crippen molar-refractivity contribution in [1.29, 1.82) is 0 Å². The highest BCUT2D eigenvalue weighted by Crippen LogP contribution is 2.22. The molecule has 0 spiro atoms. The molecule has 6 nitrogen and oxygen atoms in total. The zero-order valence-electron chi connectivity index (χ0n) is 11.0. The second-order valence-electron chi connectivity index (χ2n) is 4.98. The molecule has 1 aromatic carbocycles. The molecule has 3 rings (SSSR count). The second-order valence-corrected chi connectivity index (χ2v) is 4.98. The molecule has 1 N–H and O–H groups in total. The molecular formula is C14H16N2O4. The fraction of sp³-hybridized carbons (Fsp3) is 0.429. The Morgan fingerprint density at radius 1 is 1.20 bits per heavy atom. The molecule has 0 radical (unpaired) electrons. The summed E-state index contributed by atoms with van der Waals surface area (Å²) in [5.41, 5.74) is 0.925. The van der Waals surface area contributed by atoms with Crippen molar-refractivity contribution in [2.45, 2.75) is 6.10 Å². The Morgan fingerprint density at radius 3 is 2.45 bits per heavy atom. The van der Waals surface area contributed by atoms with Gasteiger partial charge in [-0.3, -0.25) is 19.4 Å². The molecule has 2 aliphatic heterocycles. The maximum Gasteiger partial charge on any atom is 0.262 e. The number of carbonyl (C=O) groups is 2. The first-order valence-electron chi connectivity index (χ1n) is 6.60. The molecule has 6 heteroatoms. The summed E-state index contributed by atoms with van der Waals surface area (Å²) in [6.07, 6.45) is -0.251. The fourth-order valence-electron chi connectivity index (χ4n) is 2.59. The van der Waals surface area contributed by atoms with Crippen molar-refractivity contribution in [3.05, 3.63) is 35.4 Å². The number of aliphatic hydroxyl groups is 1. The van der Waals surface area contributed by atoms with Gasteiger partial charge in [-0.2, -0.15) is 0 Å². The zero-order chi connectivity index (χ0) is 14.1. The van der Waals surface area contributed by atoms with E-state index >= 15 is 0 Å². The minimum absolute atomic E-state index is 0.0569. The molecule has 0 bridgehead atoms. The van der Waals surface area contributed by atoms with Gasteiger partial charge in [-0.1, -0.05) is 12.1 Å². The van der Waals surface area contributed by atoms with Crippen LogP contribution in [0.1, 0.15) is 20.7 Å². The Labute approximate surface area is 116 Å². The van der Waals surface area contributed by atoms with Gasteiger partial charge in [0.2, 0.25) is 0 Å². The van der Waals surface area contributed by atoms with E-state index in [-0.39, 0.29) is 31.2 Å². The molecule has 1 atom stereocenters. The van der Waals surface area contributed by atoms with Crippen molar-refractivity contribution in [2.75, 3.05) is 33.0 Å². The summed E-state index contributed by atoms with van der Waals surface area (Å²) >= 11 is 0. The van der Waals surface area contributed by atoms with Crippen LogP contribution in [0.2, 0.25) is 0 Å². The SMILES string of the molecule is O=C1c2ccccc2C(=O)N1CN1CCOC(CO)C1. The molecule has 2 heterocycles. The standard InChI is InChI=1S/C14H16N2O4/c17-8-10-7-15(5-6-20-10)9-16-13(18)11-3-1-2-4-12(11)14(16)19/h1-4,10,17H,5-9H2. The molecule has 1 fully saturated rings. The summed E-state index contributed by atoms with van der Waals surface area (Å²) in [7, 11) is 0. The fourth-order valence-corrected chi connectivity index (χ4v) is 2.59. The lowest BCUT2D eigenvalue weighted by Crippen LogP contribution is -2.49. The van der Waals surface area contributed by atoms with Crippen LogP contribution in [0.4, 0.5) is 0 Å². The Morgan fingerprint density at radius 2 is 1.85 bits per heavy atom. The Kier molecular flexibility index (Phi) is 3.52. The Balaban J connectivity index is 1.73. The maximum absolute atomic E-state index is 12.2. The molecule has 0 saturated carbocycles. The van der Waals surface area contributed by atoms with E-state index < -0.39 is 0 Å². The van der Waals surface area contributed by atoms with Crippen LogP contribution < -0.4 is 0 Å². The third-order valence-corrected chi connectivity index (χ3v) is 3.65. The van der Waals surface area contributed by atoms with E-state index in [1.807, 2.05) is 4.90 Å². The lowest BCUT2D eigenvalue weighted by atomic mass is 10.1. The van der Waals surface area contributed by atoms with Gasteiger partial charge in [0.25, 0.3) is 11.8 Å². The molecular weight excluding hydrogens is 260 g/mol. The van der Waals surface area contributed by atoms with Crippen LogP contribution in [0.5, 0.6) is 0 Å². The van der Waals surface area contributed by atoms with E-state index in [0.29, 0.717) is 30.8 Å². The van der Waals surface area contributed by atoms with E-state index in [1.165, 1.54) is 4.90 Å². The molecule has 1 aromatic rings. The van der Waals surface area contributed by atoms with Gasteiger partial charge in [-0.15, -0.1) is 0 Å². The summed E-state index contributed by atoms with van der Waals surface area (Å²) in [5.74, 6) is -0.504. The minimum atomic E-state index is -0.252. The van der Waals surface area contributed by atoms with Crippen LogP contribution in [-0.4, -0.2) is 65.8 Å². The molecule has 1 unspecified atom stereocenters. The van der Waals surface area contributed by atoms with Crippen molar-refractivity contribution in [3.63, 3.8) is 0 Å². The number of carbonyl (C=O) groups excluding carboxylic acids is 2. The third-order valence-electron chi connectivity index (χ3n) is 3.65. The number of rotatable bonds is 3. The highest BCUT2D eigenvalue weighted by molar-refractivity contribution is 6.21. The first-order chi connectivity index (χ1) is 9.70. The summed E-state index contributed by atoms with van der Waals surface area (Å²) in [6.45, 7) is 1.84. The summed E-state index contributed by atoms with van der Waals surface area (Å²) in [6, 6.07) is 6.85. The number of morpholine rings is 1. The number of nitrogens with zero attached hydrogens (tertiary/aromatic N) is 2. The van der Waals surface area contributed by atoms with Gasteiger partial charge in [0.1, 0.15) is 0 Å². The third kappa shape index (κ3) is 2.22. The number of hydrogen-bond acceptors (Lipinski definition) is 5. The molecule has 2 amide bonds. The average molecular weight is 276 g/mol. The topological polar surface area (TPSA) is 70.1 Å². The summed E-state index contributed by atoms with van der Waals surface area (Å²) in [4.78, 5) is 27.7. The van der Waals surface area contributed by atoms with Gasteiger partial charge in [-0.05, 0) is 12.1 Å². The first kappa shape index (κ1) is 13.2. The smallest absolute Gasteiger partial charge is 0.262 e. The van der Waals surface area contributed by atoms with Crippen molar-refractivity contribution in [1.82, 2.24) is 9.80 Å².